The van der Waals surface area contributed by atoms with Crippen LogP contribution in [0.25, 0.3) is 0 Å². The standard InChI is InChI=1S/C14H17N5OS/c1-3-20-12-6-4-11(5-7-12)15-8-13-16-17-14-19(13)18-10(2)9-21-14/h4-7,15H,3,8-9H2,1-2H3. The molecule has 0 unspecified atom stereocenters. The van der Waals surface area contributed by atoms with Crippen molar-refractivity contribution in [2.75, 3.05) is 17.7 Å². The minimum atomic E-state index is 0.582. The first-order valence-electron chi connectivity index (χ1n) is 6.84. The highest BCUT2D eigenvalue weighted by Crippen LogP contribution is 2.22. The van der Waals surface area contributed by atoms with Gasteiger partial charge in [-0.25, -0.2) is 0 Å². The second-order valence-corrected chi connectivity index (χ2v) is 5.59. The number of rotatable bonds is 5. The fourth-order valence-electron chi connectivity index (χ4n) is 1.98. The molecule has 2 aromatic rings. The van der Waals surface area contributed by atoms with Crippen molar-refractivity contribution >= 4 is 23.2 Å². The zero-order chi connectivity index (χ0) is 14.7. The summed E-state index contributed by atoms with van der Waals surface area (Å²) in [6.07, 6.45) is 0. The summed E-state index contributed by atoms with van der Waals surface area (Å²) in [7, 11) is 0. The van der Waals surface area contributed by atoms with Gasteiger partial charge in [-0.15, -0.1) is 10.2 Å². The van der Waals surface area contributed by atoms with E-state index in [1.54, 1.807) is 11.8 Å². The number of hydrogen-bond donors (Lipinski definition) is 1. The van der Waals surface area contributed by atoms with Gasteiger partial charge >= 0.3 is 0 Å². The molecule has 0 atom stereocenters. The largest absolute Gasteiger partial charge is 0.494 e. The summed E-state index contributed by atoms with van der Waals surface area (Å²) >= 11 is 1.66. The maximum absolute atomic E-state index is 5.42. The molecule has 0 saturated carbocycles. The van der Waals surface area contributed by atoms with Gasteiger partial charge in [0, 0.05) is 17.2 Å². The summed E-state index contributed by atoms with van der Waals surface area (Å²) in [4.78, 5) is 0. The number of aromatic nitrogens is 3. The molecule has 1 aliphatic heterocycles. The van der Waals surface area contributed by atoms with E-state index in [0.29, 0.717) is 13.2 Å². The van der Waals surface area contributed by atoms with Crippen molar-refractivity contribution < 1.29 is 4.74 Å². The van der Waals surface area contributed by atoms with Crippen LogP contribution in [0.3, 0.4) is 0 Å². The Bertz CT molecular complexity index is 650. The maximum Gasteiger partial charge on any atom is 0.212 e. The van der Waals surface area contributed by atoms with Crippen molar-refractivity contribution in [3.63, 3.8) is 0 Å². The number of anilines is 1. The maximum atomic E-state index is 5.42. The van der Waals surface area contributed by atoms with Crippen LogP contribution < -0.4 is 10.1 Å². The molecule has 0 aliphatic carbocycles. The van der Waals surface area contributed by atoms with E-state index in [4.69, 9.17) is 4.74 Å². The zero-order valence-electron chi connectivity index (χ0n) is 12.0. The van der Waals surface area contributed by atoms with Crippen LogP contribution in [-0.2, 0) is 6.54 Å². The Hall–Kier alpha value is -2.02. The number of nitrogens with one attached hydrogen (secondary N) is 1. The van der Waals surface area contributed by atoms with Crippen LogP contribution in [0.2, 0.25) is 0 Å². The van der Waals surface area contributed by atoms with Crippen molar-refractivity contribution in [2.45, 2.75) is 25.5 Å². The summed E-state index contributed by atoms with van der Waals surface area (Å²) in [5.74, 6) is 2.56. The highest BCUT2D eigenvalue weighted by molar-refractivity contribution is 7.99. The Morgan fingerprint density at radius 1 is 1.29 bits per heavy atom. The summed E-state index contributed by atoms with van der Waals surface area (Å²) < 4.78 is 7.23. The molecular formula is C14H17N5OS. The van der Waals surface area contributed by atoms with Gasteiger partial charge in [-0.3, -0.25) is 0 Å². The van der Waals surface area contributed by atoms with Crippen LogP contribution in [0.4, 0.5) is 5.69 Å². The monoisotopic (exact) mass is 303 g/mol. The lowest BCUT2D eigenvalue weighted by molar-refractivity contribution is 0.340. The fourth-order valence-corrected chi connectivity index (χ4v) is 2.74. The summed E-state index contributed by atoms with van der Waals surface area (Å²) in [5.41, 5.74) is 2.09. The molecular weight excluding hydrogens is 286 g/mol. The van der Waals surface area contributed by atoms with Crippen molar-refractivity contribution in [3.8, 4) is 5.75 Å². The lowest BCUT2D eigenvalue weighted by atomic mass is 10.3. The Morgan fingerprint density at radius 2 is 2.10 bits per heavy atom. The number of benzene rings is 1. The number of thioether (sulfide) groups is 1. The van der Waals surface area contributed by atoms with Gasteiger partial charge in [-0.2, -0.15) is 9.78 Å². The van der Waals surface area contributed by atoms with Crippen LogP contribution in [0.5, 0.6) is 5.75 Å². The Labute approximate surface area is 127 Å². The summed E-state index contributed by atoms with van der Waals surface area (Å²) in [5, 5.41) is 17.0. The lowest BCUT2D eigenvalue weighted by Crippen LogP contribution is -2.12. The Kier molecular flexibility index (Phi) is 4.10. The molecule has 1 aromatic carbocycles. The van der Waals surface area contributed by atoms with Gasteiger partial charge in [0.25, 0.3) is 0 Å². The summed E-state index contributed by atoms with van der Waals surface area (Å²) in [6, 6.07) is 7.87. The number of fused-ring (bicyclic) bond motifs is 1. The molecule has 2 heterocycles. The second-order valence-electron chi connectivity index (χ2n) is 4.65. The highest BCUT2D eigenvalue weighted by atomic mass is 32.2. The quantitative estimate of drug-likeness (QED) is 0.920. The Balaban J connectivity index is 1.67. The van der Waals surface area contributed by atoms with Gasteiger partial charge in [0.1, 0.15) is 5.75 Å². The van der Waals surface area contributed by atoms with Gasteiger partial charge in [-0.1, -0.05) is 11.8 Å². The molecule has 110 valence electrons. The Morgan fingerprint density at radius 3 is 2.86 bits per heavy atom. The topological polar surface area (TPSA) is 64.3 Å². The average Bonchev–Trinajstić information content (AvgIpc) is 2.89. The molecule has 0 saturated heterocycles. The van der Waals surface area contributed by atoms with Gasteiger partial charge in [0.05, 0.1) is 13.2 Å². The van der Waals surface area contributed by atoms with Crippen molar-refractivity contribution in [1.82, 2.24) is 14.9 Å². The number of nitrogens with zero attached hydrogens (tertiary/aromatic N) is 4. The third-order valence-electron chi connectivity index (χ3n) is 2.97. The number of hydrogen-bond acceptors (Lipinski definition) is 6. The van der Waals surface area contributed by atoms with Crippen LogP contribution >= 0.6 is 11.8 Å². The van der Waals surface area contributed by atoms with Crippen LogP contribution in [0, 0.1) is 0 Å². The minimum absolute atomic E-state index is 0.582. The van der Waals surface area contributed by atoms with E-state index in [1.807, 2.05) is 42.8 Å². The molecule has 21 heavy (non-hydrogen) atoms. The van der Waals surface area contributed by atoms with E-state index in [1.165, 1.54) is 0 Å². The zero-order valence-corrected chi connectivity index (χ0v) is 12.9. The van der Waals surface area contributed by atoms with Crippen molar-refractivity contribution in [1.29, 1.82) is 0 Å². The molecule has 1 N–H and O–H groups in total. The fraction of sp³-hybridized carbons (Fsp3) is 0.357. The second kappa shape index (κ2) is 6.17. The van der Waals surface area contributed by atoms with Crippen molar-refractivity contribution in [2.24, 2.45) is 5.10 Å². The van der Waals surface area contributed by atoms with Crippen LogP contribution in [-0.4, -0.2) is 32.9 Å². The van der Waals surface area contributed by atoms with Crippen LogP contribution in [0.15, 0.2) is 34.5 Å². The van der Waals surface area contributed by atoms with Gasteiger partial charge in [0.2, 0.25) is 5.16 Å². The van der Waals surface area contributed by atoms with E-state index in [9.17, 15) is 0 Å². The first-order valence-corrected chi connectivity index (χ1v) is 7.83. The average molecular weight is 303 g/mol. The molecule has 0 bridgehead atoms. The van der Waals surface area contributed by atoms with E-state index < -0.39 is 0 Å². The third kappa shape index (κ3) is 3.18. The van der Waals surface area contributed by atoms with Gasteiger partial charge < -0.3 is 10.1 Å². The molecule has 0 amide bonds. The predicted molar refractivity (Wildman–Crippen MR) is 84.2 cm³/mol. The SMILES string of the molecule is CCOc1ccc(NCc2nnc3n2N=C(C)CS3)cc1. The highest BCUT2D eigenvalue weighted by Gasteiger charge is 2.16. The molecule has 0 spiro atoms. The van der Waals surface area contributed by atoms with Gasteiger partial charge in [0.15, 0.2) is 5.82 Å². The molecule has 7 heteroatoms. The lowest BCUT2D eigenvalue weighted by Gasteiger charge is -2.11. The predicted octanol–water partition coefficient (Wildman–Crippen LogP) is 2.62. The molecule has 0 fully saturated rings. The third-order valence-corrected chi connectivity index (χ3v) is 4.05. The van der Waals surface area contributed by atoms with E-state index in [2.05, 4.69) is 20.6 Å². The van der Waals surface area contributed by atoms with E-state index >= 15 is 0 Å². The van der Waals surface area contributed by atoms with Crippen molar-refractivity contribution in [3.05, 3.63) is 30.1 Å². The van der Waals surface area contributed by atoms with Crippen LogP contribution in [0.1, 0.15) is 19.7 Å². The smallest absolute Gasteiger partial charge is 0.212 e. The molecule has 1 aromatic heterocycles. The van der Waals surface area contributed by atoms with E-state index in [0.717, 1.165) is 33.9 Å². The minimum Gasteiger partial charge on any atom is -0.494 e. The number of ether oxygens (including phenoxy) is 1. The summed E-state index contributed by atoms with van der Waals surface area (Å²) in [6.45, 7) is 5.24. The molecule has 0 radical (unpaired) electrons. The van der Waals surface area contributed by atoms with E-state index in [-0.39, 0.29) is 0 Å². The first-order chi connectivity index (χ1) is 10.3. The van der Waals surface area contributed by atoms with Gasteiger partial charge in [-0.05, 0) is 38.1 Å². The molecule has 6 nitrogen and oxygen atoms in total. The first kappa shape index (κ1) is 13.9. The molecule has 1 aliphatic rings. The normalized spacial score (nSPS) is 13.5. The molecule has 3 rings (SSSR count).